The number of pyridine rings is 1. The number of thioether (sulfide) groups is 2. The summed E-state index contributed by atoms with van der Waals surface area (Å²) in [5.41, 5.74) is 1.85. The first-order valence-electron chi connectivity index (χ1n) is 9.15. The molecule has 2 aromatic heterocycles. The van der Waals surface area contributed by atoms with E-state index in [2.05, 4.69) is 4.98 Å². The van der Waals surface area contributed by atoms with E-state index in [-0.39, 0.29) is 17.5 Å². The smallest absolute Gasteiger partial charge is 0.239 e. The number of aromatic nitrogens is 2. The first kappa shape index (κ1) is 20.8. The zero-order valence-corrected chi connectivity index (χ0v) is 18.6. The lowest BCUT2D eigenvalue weighted by Crippen LogP contribution is -2.31. The average molecular weight is 456 g/mol. The van der Waals surface area contributed by atoms with Gasteiger partial charge in [-0.25, -0.2) is 9.37 Å². The van der Waals surface area contributed by atoms with Crippen molar-refractivity contribution in [2.75, 3.05) is 16.9 Å². The number of halogens is 1. The number of carbonyl (C=O) groups is 1. The summed E-state index contributed by atoms with van der Waals surface area (Å²) in [6.07, 6.45) is 5.49. The number of hydrogen-bond donors (Lipinski definition) is 0. The van der Waals surface area contributed by atoms with Crippen molar-refractivity contribution >= 4 is 56.1 Å². The van der Waals surface area contributed by atoms with Crippen molar-refractivity contribution < 1.29 is 9.18 Å². The number of benzene rings is 2. The summed E-state index contributed by atoms with van der Waals surface area (Å²) < 4.78 is 14.2. The van der Waals surface area contributed by atoms with Crippen LogP contribution < -0.4 is 4.90 Å². The highest BCUT2D eigenvalue weighted by Gasteiger charge is 2.21. The molecule has 30 heavy (non-hydrogen) atoms. The third-order valence-electron chi connectivity index (χ3n) is 4.36. The number of fused-ring (bicyclic) bond motifs is 1. The second kappa shape index (κ2) is 9.59. The molecule has 4 aromatic rings. The van der Waals surface area contributed by atoms with E-state index in [1.165, 1.54) is 35.2 Å². The Hall–Kier alpha value is -2.42. The summed E-state index contributed by atoms with van der Waals surface area (Å²) >= 11 is 4.53. The Kier molecular flexibility index (Phi) is 6.66. The minimum atomic E-state index is -0.289. The molecule has 8 heteroatoms. The number of nitrogens with zero attached hydrogens (tertiary/aromatic N) is 3. The first-order valence-corrected chi connectivity index (χ1v) is 12.2. The summed E-state index contributed by atoms with van der Waals surface area (Å²) in [5.74, 6) is -0.113. The number of thiazole rings is 1. The summed E-state index contributed by atoms with van der Waals surface area (Å²) in [6, 6.07) is 16.0. The van der Waals surface area contributed by atoms with Gasteiger partial charge < -0.3 is 0 Å². The van der Waals surface area contributed by atoms with Gasteiger partial charge in [0.2, 0.25) is 5.91 Å². The van der Waals surface area contributed by atoms with E-state index in [0.717, 1.165) is 25.6 Å². The predicted octanol–water partition coefficient (Wildman–Crippen LogP) is 5.88. The highest BCUT2D eigenvalue weighted by atomic mass is 32.2. The molecule has 0 atom stereocenters. The van der Waals surface area contributed by atoms with Crippen molar-refractivity contribution in [3.63, 3.8) is 0 Å². The first-order chi connectivity index (χ1) is 14.6. The van der Waals surface area contributed by atoms with E-state index >= 15 is 0 Å². The number of rotatable bonds is 7. The molecule has 0 N–H and O–H groups in total. The summed E-state index contributed by atoms with van der Waals surface area (Å²) in [5, 5.41) is 0.667. The Labute approximate surface area is 186 Å². The van der Waals surface area contributed by atoms with E-state index < -0.39 is 0 Å². The van der Waals surface area contributed by atoms with Gasteiger partial charge in [-0.05, 0) is 54.3 Å². The van der Waals surface area contributed by atoms with Crippen LogP contribution in [0.25, 0.3) is 10.2 Å². The van der Waals surface area contributed by atoms with Gasteiger partial charge in [0.05, 0.1) is 22.5 Å². The van der Waals surface area contributed by atoms with Crippen molar-refractivity contribution in [2.45, 2.75) is 16.3 Å². The highest BCUT2D eigenvalue weighted by molar-refractivity contribution is 8.00. The number of amides is 1. The molecular formula is C22H18FN3OS3. The molecule has 1 amide bonds. The average Bonchev–Trinajstić information content (AvgIpc) is 3.21. The fraction of sp³-hybridized carbons (Fsp3) is 0.136. The minimum Gasteiger partial charge on any atom is -0.283 e. The lowest BCUT2D eigenvalue weighted by atomic mass is 10.2. The van der Waals surface area contributed by atoms with Crippen molar-refractivity contribution in [1.82, 2.24) is 9.97 Å². The maximum atomic E-state index is 13.2. The Morgan fingerprint density at radius 2 is 1.97 bits per heavy atom. The normalized spacial score (nSPS) is 11.0. The van der Waals surface area contributed by atoms with Gasteiger partial charge in [-0.3, -0.25) is 14.7 Å². The Morgan fingerprint density at radius 1 is 1.13 bits per heavy atom. The van der Waals surface area contributed by atoms with Crippen LogP contribution >= 0.6 is 34.9 Å². The molecule has 0 unspecified atom stereocenters. The second-order valence-corrected chi connectivity index (χ2v) is 9.29. The third-order valence-corrected chi connectivity index (χ3v) is 7.17. The summed E-state index contributed by atoms with van der Waals surface area (Å²) in [6.45, 7) is 0.394. The van der Waals surface area contributed by atoms with Crippen LogP contribution in [0.15, 0.2) is 76.8 Å². The zero-order valence-electron chi connectivity index (χ0n) is 16.1. The molecule has 0 aliphatic heterocycles. The summed E-state index contributed by atoms with van der Waals surface area (Å²) in [4.78, 5) is 25.8. The molecule has 0 radical (unpaired) electrons. The maximum absolute atomic E-state index is 13.2. The molecule has 0 fully saturated rings. The van der Waals surface area contributed by atoms with Crippen LogP contribution in [0.2, 0.25) is 0 Å². The van der Waals surface area contributed by atoms with E-state index in [9.17, 15) is 9.18 Å². The van der Waals surface area contributed by atoms with Crippen molar-refractivity contribution in [3.05, 3.63) is 78.4 Å². The summed E-state index contributed by atoms with van der Waals surface area (Å²) in [7, 11) is 0. The van der Waals surface area contributed by atoms with Crippen molar-refractivity contribution in [2.24, 2.45) is 0 Å². The molecule has 0 aliphatic carbocycles. The van der Waals surface area contributed by atoms with Crippen molar-refractivity contribution in [3.8, 4) is 0 Å². The molecule has 0 aliphatic rings. The van der Waals surface area contributed by atoms with Crippen LogP contribution in [0.4, 0.5) is 9.52 Å². The van der Waals surface area contributed by atoms with Crippen LogP contribution in [0, 0.1) is 5.82 Å². The van der Waals surface area contributed by atoms with Gasteiger partial charge in [-0.1, -0.05) is 23.5 Å². The molecule has 2 heterocycles. The largest absolute Gasteiger partial charge is 0.283 e. The quantitative estimate of drug-likeness (QED) is 0.326. The number of hydrogen-bond acceptors (Lipinski definition) is 6. The van der Waals surface area contributed by atoms with Crippen LogP contribution in [-0.4, -0.2) is 27.9 Å². The molecule has 2 aromatic carbocycles. The van der Waals surface area contributed by atoms with Gasteiger partial charge in [0.1, 0.15) is 5.82 Å². The van der Waals surface area contributed by atoms with Crippen LogP contribution in [0.5, 0.6) is 0 Å². The predicted molar refractivity (Wildman–Crippen MR) is 124 cm³/mol. The SMILES string of the molecule is CSc1cccc2sc(N(Cc3cccnc3)C(=O)CSc3ccc(F)cc3)nc12. The Bertz CT molecular complexity index is 1150. The molecule has 4 nitrogen and oxygen atoms in total. The zero-order chi connectivity index (χ0) is 20.9. The highest BCUT2D eigenvalue weighted by Crippen LogP contribution is 2.35. The van der Waals surface area contributed by atoms with Crippen LogP contribution in [-0.2, 0) is 11.3 Å². The fourth-order valence-corrected chi connectivity index (χ4v) is 5.29. The van der Waals surface area contributed by atoms with Gasteiger partial charge in [0.15, 0.2) is 5.13 Å². The van der Waals surface area contributed by atoms with Gasteiger partial charge in [0, 0.05) is 22.2 Å². The second-order valence-electron chi connectivity index (χ2n) is 6.39. The fourth-order valence-electron chi connectivity index (χ4n) is 2.88. The number of carbonyl (C=O) groups excluding carboxylic acids is 1. The topological polar surface area (TPSA) is 46.1 Å². The lowest BCUT2D eigenvalue weighted by molar-refractivity contribution is -0.116. The monoisotopic (exact) mass is 455 g/mol. The van der Waals surface area contributed by atoms with Gasteiger partial charge in [0.25, 0.3) is 0 Å². The van der Waals surface area contributed by atoms with E-state index in [0.29, 0.717) is 11.7 Å². The lowest BCUT2D eigenvalue weighted by Gasteiger charge is -2.19. The molecule has 0 saturated carbocycles. The molecule has 152 valence electrons. The van der Waals surface area contributed by atoms with Gasteiger partial charge in [-0.2, -0.15) is 0 Å². The number of para-hydroxylation sites is 1. The molecule has 0 bridgehead atoms. The third kappa shape index (κ3) is 4.83. The molecule has 0 spiro atoms. The van der Waals surface area contributed by atoms with Crippen molar-refractivity contribution in [1.29, 1.82) is 0 Å². The van der Waals surface area contributed by atoms with E-state index in [1.54, 1.807) is 41.2 Å². The van der Waals surface area contributed by atoms with E-state index in [4.69, 9.17) is 4.98 Å². The van der Waals surface area contributed by atoms with Gasteiger partial charge >= 0.3 is 0 Å². The molecule has 0 saturated heterocycles. The van der Waals surface area contributed by atoms with E-state index in [1.807, 2.05) is 36.6 Å². The number of anilines is 1. The molecular weight excluding hydrogens is 437 g/mol. The minimum absolute atomic E-state index is 0.0575. The van der Waals surface area contributed by atoms with Gasteiger partial charge in [-0.15, -0.1) is 23.5 Å². The Balaban J connectivity index is 1.62. The van der Waals surface area contributed by atoms with Crippen LogP contribution in [0.3, 0.4) is 0 Å². The van der Waals surface area contributed by atoms with Crippen LogP contribution in [0.1, 0.15) is 5.56 Å². The Morgan fingerprint density at radius 3 is 2.70 bits per heavy atom. The molecule has 4 rings (SSSR count). The standard InChI is InChI=1S/C22H18FN3OS3/c1-28-18-5-2-6-19-21(18)25-22(30-19)26(13-15-4-3-11-24-12-15)20(27)14-29-17-9-7-16(23)8-10-17/h2-12H,13-14H2,1H3. The maximum Gasteiger partial charge on any atom is 0.239 e.